The molecular formula is C20H24N4O3S2. The van der Waals surface area contributed by atoms with E-state index in [0.29, 0.717) is 36.0 Å². The molecule has 0 bridgehead atoms. The van der Waals surface area contributed by atoms with E-state index in [1.165, 1.54) is 6.20 Å². The molecule has 1 aliphatic heterocycles. The molecule has 0 aromatic carbocycles. The van der Waals surface area contributed by atoms with Crippen molar-refractivity contribution >= 4 is 31.9 Å². The highest BCUT2D eigenvalue weighted by molar-refractivity contribution is 7.89. The van der Waals surface area contributed by atoms with E-state index in [1.807, 2.05) is 6.07 Å². The van der Waals surface area contributed by atoms with Gasteiger partial charge in [-0.15, -0.1) is 0 Å². The molecule has 4 rings (SSSR count). The molecular weight excluding hydrogens is 408 g/mol. The topological polar surface area (TPSA) is 105 Å². The molecule has 7 nitrogen and oxygen atoms in total. The number of hydrogen-bond acceptors (Lipinski definition) is 5. The Hall–Kier alpha value is -2.10. The van der Waals surface area contributed by atoms with Crippen LogP contribution in [-0.4, -0.2) is 45.1 Å². The standard InChI is InChI=1S/C20H24N4O3S2/c1-13(2)19-11-17-16(5-8-21-20(17)23-19)18-4-3-15(12-22-18)29(26,27)24-14-6-9-28(25)10-7-14/h3-5,8,11-14,24H,6-7,9-10H2,1-2H3,(H,21,23). The molecule has 0 radical (unpaired) electrons. The van der Waals surface area contributed by atoms with E-state index in [1.54, 1.807) is 18.3 Å². The zero-order valence-electron chi connectivity index (χ0n) is 16.4. The Morgan fingerprint density at radius 1 is 1.17 bits per heavy atom. The van der Waals surface area contributed by atoms with Gasteiger partial charge in [-0.1, -0.05) is 13.8 Å². The van der Waals surface area contributed by atoms with Crippen molar-refractivity contribution in [2.75, 3.05) is 11.5 Å². The molecule has 0 unspecified atom stereocenters. The highest BCUT2D eigenvalue weighted by atomic mass is 32.2. The van der Waals surface area contributed by atoms with Gasteiger partial charge in [0.1, 0.15) is 10.5 Å². The van der Waals surface area contributed by atoms with Crippen LogP contribution in [0.4, 0.5) is 0 Å². The molecule has 0 amide bonds. The third-order valence-corrected chi connectivity index (χ3v) is 8.09. The SMILES string of the molecule is CC(C)c1cc2c(-c3ccc(S(=O)(=O)NC4CCS(=O)CC4)cn3)ccnc2[nH]1. The maximum absolute atomic E-state index is 12.7. The first-order chi connectivity index (χ1) is 13.8. The lowest BCUT2D eigenvalue weighted by molar-refractivity contribution is 0.521. The van der Waals surface area contributed by atoms with Crippen LogP contribution < -0.4 is 4.72 Å². The fourth-order valence-corrected chi connectivity index (χ4v) is 6.03. The molecule has 1 saturated heterocycles. The van der Waals surface area contributed by atoms with Gasteiger partial charge < -0.3 is 4.98 Å². The van der Waals surface area contributed by atoms with Gasteiger partial charge in [-0.25, -0.2) is 18.1 Å². The van der Waals surface area contributed by atoms with Crippen molar-refractivity contribution in [3.8, 4) is 11.3 Å². The van der Waals surface area contributed by atoms with Crippen LogP contribution in [0.25, 0.3) is 22.3 Å². The Labute approximate surface area is 172 Å². The van der Waals surface area contributed by atoms with Gasteiger partial charge in [-0.3, -0.25) is 9.19 Å². The summed E-state index contributed by atoms with van der Waals surface area (Å²) in [4.78, 5) is 12.3. The molecule has 0 atom stereocenters. The summed E-state index contributed by atoms with van der Waals surface area (Å²) < 4.78 is 39.5. The Bertz CT molecular complexity index is 1140. The van der Waals surface area contributed by atoms with Gasteiger partial charge in [0.15, 0.2) is 0 Å². The number of rotatable bonds is 5. The lowest BCUT2D eigenvalue weighted by atomic mass is 10.1. The molecule has 3 aromatic heterocycles. The zero-order valence-corrected chi connectivity index (χ0v) is 18.0. The number of sulfonamides is 1. The molecule has 0 saturated carbocycles. The number of hydrogen-bond donors (Lipinski definition) is 2. The molecule has 29 heavy (non-hydrogen) atoms. The lowest BCUT2D eigenvalue weighted by Crippen LogP contribution is -2.39. The summed E-state index contributed by atoms with van der Waals surface area (Å²) >= 11 is 0. The van der Waals surface area contributed by atoms with Crippen molar-refractivity contribution in [3.05, 3.63) is 42.4 Å². The number of H-pyrrole nitrogens is 1. The first-order valence-corrected chi connectivity index (χ1v) is 12.6. The number of aromatic nitrogens is 3. The minimum absolute atomic E-state index is 0.134. The van der Waals surface area contributed by atoms with E-state index in [9.17, 15) is 12.6 Å². The van der Waals surface area contributed by atoms with Gasteiger partial charge in [0.25, 0.3) is 0 Å². The number of pyridine rings is 2. The first kappa shape index (κ1) is 20.2. The predicted octanol–water partition coefficient (Wildman–Crippen LogP) is 2.94. The summed E-state index contributed by atoms with van der Waals surface area (Å²) in [5.41, 5.74) is 3.49. The van der Waals surface area contributed by atoms with Gasteiger partial charge in [0.05, 0.1) is 5.69 Å². The maximum atomic E-state index is 12.7. The van der Waals surface area contributed by atoms with Crippen molar-refractivity contribution in [3.63, 3.8) is 0 Å². The molecule has 4 heterocycles. The van der Waals surface area contributed by atoms with Crippen LogP contribution in [0, 0.1) is 0 Å². The maximum Gasteiger partial charge on any atom is 0.242 e. The highest BCUT2D eigenvalue weighted by Crippen LogP contribution is 2.29. The van der Waals surface area contributed by atoms with E-state index >= 15 is 0 Å². The Morgan fingerprint density at radius 2 is 1.93 bits per heavy atom. The molecule has 0 aliphatic carbocycles. The van der Waals surface area contributed by atoms with Gasteiger partial charge in [-0.2, -0.15) is 0 Å². The fraction of sp³-hybridized carbons (Fsp3) is 0.400. The molecule has 9 heteroatoms. The van der Waals surface area contributed by atoms with Crippen molar-refractivity contribution in [1.29, 1.82) is 0 Å². The van der Waals surface area contributed by atoms with Crippen molar-refractivity contribution < 1.29 is 12.6 Å². The van der Waals surface area contributed by atoms with Crippen LogP contribution in [0.3, 0.4) is 0 Å². The molecule has 154 valence electrons. The molecule has 1 aliphatic rings. The monoisotopic (exact) mass is 432 g/mol. The second-order valence-electron chi connectivity index (χ2n) is 7.62. The number of nitrogens with zero attached hydrogens (tertiary/aromatic N) is 2. The van der Waals surface area contributed by atoms with E-state index in [4.69, 9.17) is 0 Å². The van der Waals surface area contributed by atoms with Gasteiger partial charge in [0, 0.05) is 57.4 Å². The number of fused-ring (bicyclic) bond motifs is 1. The summed E-state index contributed by atoms with van der Waals surface area (Å²) in [6, 6.07) is 7.09. The Balaban J connectivity index is 1.59. The molecule has 2 N–H and O–H groups in total. The second-order valence-corrected chi connectivity index (χ2v) is 11.0. The van der Waals surface area contributed by atoms with Crippen molar-refractivity contribution in [2.45, 2.75) is 43.5 Å². The van der Waals surface area contributed by atoms with E-state index in [0.717, 1.165) is 22.3 Å². The number of nitrogens with one attached hydrogen (secondary N) is 2. The zero-order chi connectivity index (χ0) is 20.6. The van der Waals surface area contributed by atoms with Crippen LogP contribution in [-0.2, 0) is 20.8 Å². The van der Waals surface area contributed by atoms with Crippen LogP contribution in [0.1, 0.15) is 38.3 Å². The van der Waals surface area contributed by atoms with Crippen LogP contribution in [0.5, 0.6) is 0 Å². The predicted molar refractivity (Wildman–Crippen MR) is 115 cm³/mol. The largest absolute Gasteiger partial charge is 0.343 e. The lowest BCUT2D eigenvalue weighted by Gasteiger charge is -2.22. The average molecular weight is 433 g/mol. The highest BCUT2D eigenvalue weighted by Gasteiger charge is 2.24. The quantitative estimate of drug-likeness (QED) is 0.645. The van der Waals surface area contributed by atoms with Gasteiger partial charge >= 0.3 is 0 Å². The van der Waals surface area contributed by atoms with E-state index in [2.05, 4.69) is 39.6 Å². The van der Waals surface area contributed by atoms with E-state index < -0.39 is 20.8 Å². The molecule has 3 aromatic rings. The third kappa shape index (κ3) is 4.26. The van der Waals surface area contributed by atoms with Gasteiger partial charge in [0.2, 0.25) is 10.0 Å². The van der Waals surface area contributed by atoms with Crippen LogP contribution >= 0.6 is 0 Å². The van der Waals surface area contributed by atoms with E-state index in [-0.39, 0.29) is 10.9 Å². The summed E-state index contributed by atoms with van der Waals surface area (Å²) in [5.74, 6) is 1.43. The normalized spacial score (nSPS) is 20.4. The first-order valence-electron chi connectivity index (χ1n) is 9.65. The van der Waals surface area contributed by atoms with Crippen molar-refractivity contribution in [1.82, 2.24) is 19.7 Å². The number of aromatic amines is 1. The third-order valence-electron chi connectivity index (χ3n) is 5.21. The van der Waals surface area contributed by atoms with Crippen LogP contribution in [0.15, 0.2) is 41.6 Å². The fourth-order valence-electron chi connectivity index (χ4n) is 3.48. The summed E-state index contributed by atoms with van der Waals surface area (Å²) in [5, 5.41) is 0.965. The summed E-state index contributed by atoms with van der Waals surface area (Å²) in [6.07, 6.45) is 4.30. The van der Waals surface area contributed by atoms with Gasteiger partial charge in [-0.05, 0) is 43.0 Å². The van der Waals surface area contributed by atoms with Crippen molar-refractivity contribution in [2.24, 2.45) is 0 Å². The van der Waals surface area contributed by atoms with Crippen LogP contribution in [0.2, 0.25) is 0 Å². The minimum atomic E-state index is -3.66. The Kier molecular flexibility index (Phi) is 5.54. The Morgan fingerprint density at radius 3 is 2.59 bits per heavy atom. The second kappa shape index (κ2) is 7.97. The summed E-state index contributed by atoms with van der Waals surface area (Å²) in [6.45, 7) is 4.22. The summed E-state index contributed by atoms with van der Waals surface area (Å²) in [7, 11) is -4.48. The average Bonchev–Trinajstić information content (AvgIpc) is 3.14. The molecule has 0 spiro atoms. The smallest absolute Gasteiger partial charge is 0.242 e. The molecule has 1 fully saturated rings. The minimum Gasteiger partial charge on any atom is -0.343 e.